The third kappa shape index (κ3) is 2.90. The molecule has 0 unspecified atom stereocenters. The second-order valence-corrected chi connectivity index (χ2v) is 4.43. The molecule has 0 atom stereocenters. The quantitative estimate of drug-likeness (QED) is 0.879. The van der Waals surface area contributed by atoms with Gasteiger partial charge in [0, 0.05) is 10.7 Å². The first kappa shape index (κ1) is 13.5. The van der Waals surface area contributed by atoms with Gasteiger partial charge >= 0.3 is 0 Å². The number of carbonyl (C=O) groups excluding carboxylic acids is 1. The maximum atomic E-state index is 13.4. The highest BCUT2D eigenvalue weighted by Crippen LogP contribution is 2.21. The molecule has 0 fully saturated rings. The first-order valence-electron chi connectivity index (χ1n) is 5.50. The van der Waals surface area contributed by atoms with Crippen LogP contribution in [0.4, 0.5) is 14.5 Å². The van der Waals surface area contributed by atoms with Crippen molar-refractivity contribution in [2.75, 3.05) is 5.32 Å². The van der Waals surface area contributed by atoms with Crippen molar-refractivity contribution in [2.24, 2.45) is 0 Å². The van der Waals surface area contributed by atoms with E-state index in [1.165, 1.54) is 12.1 Å². The van der Waals surface area contributed by atoms with Crippen LogP contribution in [0.25, 0.3) is 0 Å². The van der Waals surface area contributed by atoms with Crippen LogP contribution in [-0.4, -0.2) is 5.91 Å². The summed E-state index contributed by atoms with van der Waals surface area (Å²) in [6, 6.07) is 8.34. The Labute approximate surface area is 114 Å². The Morgan fingerprint density at radius 3 is 2.63 bits per heavy atom. The van der Waals surface area contributed by atoms with E-state index in [-0.39, 0.29) is 5.56 Å². The number of benzene rings is 2. The van der Waals surface area contributed by atoms with Crippen LogP contribution in [0.3, 0.4) is 0 Å². The van der Waals surface area contributed by atoms with E-state index >= 15 is 0 Å². The lowest BCUT2D eigenvalue weighted by molar-refractivity contribution is 0.102. The van der Waals surface area contributed by atoms with Gasteiger partial charge in [0.05, 0.1) is 5.56 Å². The molecular formula is C14H10ClF2NO. The lowest BCUT2D eigenvalue weighted by Gasteiger charge is -2.07. The van der Waals surface area contributed by atoms with E-state index < -0.39 is 17.5 Å². The molecule has 98 valence electrons. The first-order chi connectivity index (χ1) is 8.99. The molecule has 1 amide bonds. The highest BCUT2D eigenvalue weighted by molar-refractivity contribution is 6.31. The molecule has 2 nitrogen and oxygen atoms in total. The van der Waals surface area contributed by atoms with Crippen LogP contribution < -0.4 is 5.32 Å². The molecule has 0 aliphatic carbocycles. The average molecular weight is 282 g/mol. The van der Waals surface area contributed by atoms with E-state index in [9.17, 15) is 13.6 Å². The van der Waals surface area contributed by atoms with Gasteiger partial charge in [-0.25, -0.2) is 8.78 Å². The normalized spacial score (nSPS) is 10.3. The summed E-state index contributed by atoms with van der Waals surface area (Å²) in [5, 5.41) is 2.95. The number of hydrogen-bond donors (Lipinski definition) is 1. The molecule has 5 heteroatoms. The number of halogens is 3. The van der Waals surface area contributed by atoms with Crippen molar-refractivity contribution in [1.29, 1.82) is 0 Å². The second kappa shape index (κ2) is 5.36. The van der Waals surface area contributed by atoms with E-state index in [1.54, 1.807) is 18.2 Å². The van der Waals surface area contributed by atoms with Crippen LogP contribution in [-0.2, 0) is 0 Å². The number of hydrogen-bond acceptors (Lipinski definition) is 1. The third-order valence-corrected chi connectivity index (χ3v) is 3.03. The largest absolute Gasteiger partial charge is 0.322 e. The van der Waals surface area contributed by atoms with Crippen LogP contribution in [0.5, 0.6) is 0 Å². The van der Waals surface area contributed by atoms with Crippen molar-refractivity contribution >= 4 is 23.2 Å². The standard InChI is InChI=1S/C14H10ClF2NO/c1-8-5-6-9(7-11(8)15)18-14(19)10-3-2-4-12(16)13(10)17/h2-7H,1H3,(H,18,19). The molecule has 0 aromatic heterocycles. The van der Waals surface area contributed by atoms with Crippen LogP contribution in [0, 0.1) is 18.6 Å². The Morgan fingerprint density at radius 2 is 1.95 bits per heavy atom. The Morgan fingerprint density at radius 1 is 1.21 bits per heavy atom. The van der Waals surface area contributed by atoms with Gasteiger partial charge in [-0.15, -0.1) is 0 Å². The van der Waals surface area contributed by atoms with Crippen molar-refractivity contribution in [3.8, 4) is 0 Å². The molecule has 0 spiro atoms. The number of nitrogens with one attached hydrogen (secondary N) is 1. The molecule has 0 heterocycles. The maximum Gasteiger partial charge on any atom is 0.258 e. The fraction of sp³-hybridized carbons (Fsp3) is 0.0714. The van der Waals surface area contributed by atoms with Crippen molar-refractivity contribution in [2.45, 2.75) is 6.92 Å². The van der Waals surface area contributed by atoms with Gasteiger partial charge in [0.2, 0.25) is 0 Å². The third-order valence-electron chi connectivity index (χ3n) is 2.63. The summed E-state index contributed by atoms with van der Waals surface area (Å²) in [4.78, 5) is 11.8. The molecule has 0 bridgehead atoms. The topological polar surface area (TPSA) is 29.1 Å². The molecule has 0 aliphatic heterocycles. The number of carbonyl (C=O) groups is 1. The Hall–Kier alpha value is -1.94. The van der Waals surface area contributed by atoms with E-state index in [0.717, 1.165) is 11.6 Å². The minimum Gasteiger partial charge on any atom is -0.322 e. The van der Waals surface area contributed by atoms with Crippen LogP contribution in [0.1, 0.15) is 15.9 Å². The summed E-state index contributed by atoms with van der Waals surface area (Å²) in [6.45, 7) is 1.82. The Kier molecular flexibility index (Phi) is 3.81. The first-order valence-corrected chi connectivity index (χ1v) is 5.88. The Balaban J connectivity index is 2.26. The average Bonchev–Trinajstić information content (AvgIpc) is 2.37. The molecule has 0 saturated carbocycles. The van der Waals surface area contributed by atoms with Gasteiger partial charge in [-0.05, 0) is 36.8 Å². The zero-order valence-electron chi connectivity index (χ0n) is 10.0. The molecule has 2 aromatic carbocycles. The minimum absolute atomic E-state index is 0.350. The van der Waals surface area contributed by atoms with Gasteiger partial charge < -0.3 is 5.32 Å². The second-order valence-electron chi connectivity index (χ2n) is 4.02. The maximum absolute atomic E-state index is 13.4. The van der Waals surface area contributed by atoms with Crippen LogP contribution >= 0.6 is 11.6 Å². The summed E-state index contributed by atoms with van der Waals surface area (Å²) in [5.41, 5.74) is 0.928. The SMILES string of the molecule is Cc1ccc(NC(=O)c2cccc(F)c2F)cc1Cl. The van der Waals surface area contributed by atoms with Gasteiger partial charge in [-0.2, -0.15) is 0 Å². The van der Waals surface area contributed by atoms with Crippen molar-refractivity contribution in [3.63, 3.8) is 0 Å². The van der Waals surface area contributed by atoms with Gasteiger partial charge in [0.15, 0.2) is 11.6 Å². The lowest BCUT2D eigenvalue weighted by Crippen LogP contribution is -2.14. The van der Waals surface area contributed by atoms with Crippen LogP contribution in [0.2, 0.25) is 5.02 Å². The molecule has 2 rings (SSSR count). The number of anilines is 1. The summed E-state index contributed by atoms with van der Waals surface area (Å²) < 4.78 is 26.5. The van der Waals surface area contributed by atoms with E-state index in [4.69, 9.17) is 11.6 Å². The van der Waals surface area contributed by atoms with Gasteiger partial charge in [0.1, 0.15) is 0 Å². The summed E-state index contributed by atoms with van der Waals surface area (Å²) in [6.07, 6.45) is 0. The summed E-state index contributed by atoms with van der Waals surface area (Å²) >= 11 is 5.91. The van der Waals surface area contributed by atoms with E-state index in [2.05, 4.69) is 5.32 Å². The summed E-state index contributed by atoms with van der Waals surface area (Å²) in [5.74, 6) is -2.95. The lowest BCUT2D eigenvalue weighted by atomic mass is 10.1. The van der Waals surface area contributed by atoms with E-state index in [0.29, 0.717) is 10.7 Å². The predicted molar refractivity (Wildman–Crippen MR) is 70.5 cm³/mol. The summed E-state index contributed by atoms with van der Waals surface area (Å²) in [7, 11) is 0. The van der Waals surface area contributed by atoms with Gasteiger partial charge in [0.25, 0.3) is 5.91 Å². The number of aryl methyl sites for hydroxylation is 1. The van der Waals surface area contributed by atoms with Crippen molar-refractivity contribution in [1.82, 2.24) is 0 Å². The minimum atomic E-state index is -1.17. The van der Waals surface area contributed by atoms with Gasteiger partial charge in [-0.1, -0.05) is 23.7 Å². The fourth-order valence-corrected chi connectivity index (χ4v) is 1.73. The fourth-order valence-electron chi connectivity index (χ4n) is 1.55. The van der Waals surface area contributed by atoms with Gasteiger partial charge in [-0.3, -0.25) is 4.79 Å². The highest BCUT2D eigenvalue weighted by atomic mass is 35.5. The number of rotatable bonds is 2. The molecule has 2 aromatic rings. The zero-order valence-corrected chi connectivity index (χ0v) is 10.8. The zero-order chi connectivity index (χ0) is 14.0. The molecule has 0 saturated heterocycles. The molecule has 19 heavy (non-hydrogen) atoms. The smallest absolute Gasteiger partial charge is 0.258 e. The Bertz CT molecular complexity index is 643. The monoisotopic (exact) mass is 281 g/mol. The molecule has 1 N–H and O–H groups in total. The number of amides is 1. The molecular weight excluding hydrogens is 272 g/mol. The molecule has 0 aliphatic rings. The van der Waals surface area contributed by atoms with Crippen LogP contribution in [0.15, 0.2) is 36.4 Å². The highest BCUT2D eigenvalue weighted by Gasteiger charge is 2.15. The van der Waals surface area contributed by atoms with E-state index in [1.807, 2.05) is 6.92 Å². The predicted octanol–water partition coefficient (Wildman–Crippen LogP) is 4.18. The van der Waals surface area contributed by atoms with Crippen molar-refractivity contribution in [3.05, 3.63) is 64.2 Å². The molecule has 0 radical (unpaired) electrons. The van der Waals surface area contributed by atoms with Crippen molar-refractivity contribution < 1.29 is 13.6 Å².